The van der Waals surface area contributed by atoms with Crippen LogP contribution in [0.3, 0.4) is 0 Å². The highest BCUT2D eigenvalue weighted by atomic mass is 16.5. The Hall–Kier alpha value is -3.39. The van der Waals surface area contributed by atoms with Crippen LogP contribution in [0, 0.1) is 18.3 Å². The van der Waals surface area contributed by atoms with Gasteiger partial charge in [-0.3, -0.25) is 4.79 Å². The Morgan fingerprint density at radius 3 is 2.84 bits per heavy atom. The largest absolute Gasteiger partial charge is 0.496 e. The number of nitrogens with zero attached hydrogens (tertiary/aromatic N) is 2. The summed E-state index contributed by atoms with van der Waals surface area (Å²) in [4.78, 5) is 19.9. The van der Waals surface area contributed by atoms with Crippen LogP contribution < -0.4 is 4.74 Å². The van der Waals surface area contributed by atoms with Gasteiger partial charge in [0.15, 0.2) is 11.7 Å². The molecular formula is C20H17N3O2. The summed E-state index contributed by atoms with van der Waals surface area (Å²) in [5, 5.41) is 9.43. The number of carbonyl (C=O) groups is 1. The summed E-state index contributed by atoms with van der Waals surface area (Å²) < 4.78 is 5.30. The summed E-state index contributed by atoms with van der Waals surface area (Å²) >= 11 is 0. The van der Waals surface area contributed by atoms with Crippen LogP contribution in [0.25, 0.3) is 17.1 Å². The van der Waals surface area contributed by atoms with Gasteiger partial charge < -0.3 is 9.72 Å². The van der Waals surface area contributed by atoms with E-state index in [1.165, 1.54) is 6.08 Å². The average Bonchev–Trinajstić information content (AvgIpc) is 3.04. The number of carbonyl (C=O) groups excluding carboxylic acids is 1. The van der Waals surface area contributed by atoms with Crippen LogP contribution in [-0.4, -0.2) is 22.9 Å². The maximum atomic E-state index is 12.5. The number of ether oxygens (including phenoxy) is 1. The molecule has 0 spiro atoms. The second-order valence-electron chi connectivity index (χ2n) is 5.68. The van der Waals surface area contributed by atoms with Gasteiger partial charge >= 0.3 is 0 Å². The fraction of sp³-hybridized carbons (Fsp3) is 0.150. The van der Waals surface area contributed by atoms with Crippen molar-refractivity contribution in [3.8, 4) is 11.8 Å². The molecule has 0 bridgehead atoms. The molecule has 1 unspecified atom stereocenters. The lowest BCUT2D eigenvalue weighted by Gasteiger charge is -2.06. The molecule has 0 fully saturated rings. The summed E-state index contributed by atoms with van der Waals surface area (Å²) in [5.74, 6) is -0.272. The molecule has 0 aliphatic heterocycles. The molecular weight excluding hydrogens is 314 g/mol. The highest BCUT2D eigenvalue weighted by Gasteiger charge is 2.21. The van der Waals surface area contributed by atoms with Gasteiger partial charge in [0.05, 0.1) is 24.2 Å². The first-order valence-electron chi connectivity index (χ1n) is 7.83. The lowest BCUT2D eigenvalue weighted by Crippen LogP contribution is -2.09. The van der Waals surface area contributed by atoms with Gasteiger partial charge in [0.25, 0.3) is 0 Å². The van der Waals surface area contributed by atoms with Crippen LogP contribution in [0.15, 0.2) is 48.5 Å². The standard InChI is InChI=1S/C20H17N3O2/c1-13-7-10-19(25-2)14(11-13)8-9-18(24)15(12-21)20-22-16-5-3-4-6-17(16)23-20/h3-11,15H,1-2H3,(H,22,23)/b9-8+. The van der Waals surface area contributed by atoms with Gasteiger partial charge in [0.2, 0.25) is 0 Å². The number of aryl methyl sites for hydroxylation is 1. The maximum absolute atomic E-state index is 12.5. The first kappa shape index (κ1) is 16.5. The minimum Gasteiger partial charge on any atom is -0.496 e. The van der Waals surface area contributed by atoms with Gasteiger partial charge in [0.1, 0.15) is 11.6 Å². The van der Waals surface area contributed by atoms with E-state index in [4.69, 9.17) is 4.74 Å². The van der Waals surface area contributed by atoms with E-state index in [0.717, 1.165) is 22.2 Å². The Balaban J connectivity index is 1.88. The zero-order valence-corrected chi connectivity index (χ0v) is 14.0. The normalized spacial score (nSPS) is 12.2. The number of aromatic amines is 1. The number of H-pyrrole nitrogens is 1. The Labute approximate surface area is 145 Å². The van der Waals surface area contributed by atoms with E-state index in [9.17, 15) is 10.1 Å². The fourth-order valence-electron chi connectivity index (χ4n) is 2.62. The molecule has 1 heterocycles. The smallest absolute Gasteiger partial charge is 0.180 e. The lowest BCUT2D eigenvalue weighted by molar-refractivity contribution is -0.114. The number of ketones is 1. The number of hydrogen-bond donors (Lipinski definition) is 1. The maximum Gasteiger partial charge on any atom is 0.180 e. The molecule has 0 radical (unpaired) electrons. The molecule has 1 atom stereocenters. The van der Waals surface area contributed by atoms with Gasteiger partial charge in [-0.2, -0.15) is 5.26 Å². The molecule has 0 amide bonds. The zero-order valence-electron chi connectivity index (χ0n) is 14.0. The summed E-state index contributed by atoms with van der Waals surface area (Å²) in [6.45, 7) is 1.96. The van der Waals surface area contributed by atoms with E-state index in [0.29, 0.717) is 11.6 Å². The van der Waals surface area contributed by atoms with Crippen molar-refractivity contribution in [2.75, 3.05) is 7.11 Å². The zero-order chi connectivity index (χ0) is 17.8. The van der Waals surface area contributed by atoms with Gasteiger partial charge in [-0.15, -0.1) is 0 Å². The monoisotopic (exact) mass is 331 g/mol. The quantitative estimate of drug-likeness (QED) is 0.722. The fourth-order valence-corrected chi connectivity index (χ4v) is 2.62. The Bertz CT molecular complexity index is 963. The molecule has 0 saturated heterocycles. The molecule has 124 valence electrons. The van der Waals surface area contributed by atoms with Crippen LogP contribution in [0.4, 0.5) is 0 Å². The van der Waals surface area contributed by atoms with Gasteiger partial charge in [-0.1, -0.05) is 23.8 Å². The summed E-state index contributed by atoms with van der Waals surface area (Å²) in [5.41, 5.74) is 3.38. The van der Waals surface area contributed by atoms with E-state index < -0.39 is 5.92 Å². The lowest BCUT2D eigenvalue weighted by atomic mass is 10.0. The van der Waals surface area contributed by atoms with Crippen LogP contribution in [0.5, 0.6) is 5.75 Å². The third kappa shape index (κ3) is 3.43. The number of nitrogens with one attached hydrogen (secondary N) is 1. The molecule has 2 aromatic carbocycles. The highest BCUT2D eigenvalue weighted by Crippen LogP contribution is 2.23. The van der Waals surface area contributed by atoms with E-state index in [2.05, 4.69) is 9.97 Å². The number of hydrogen-bond acceptors (Lipinski definition) is 4. The Morgan fingerprint density at radius 2 is 2.12 bits per heavy atom. The molecule has 3 aromatic rings. The number of imidazole rings is 1. The summed E-state index contributed by atoms with van der Waals surface area (Å²) in [7, 11) is 1.58. The predicted molar refractivity (Wildman–Crippen MR) is 96.2 cm³/mol. The Morgan fingerprint density at radius 1 is 1.32 bits per heavy atom. The Kier molecular flexibility index (Phi) is 4.62. The van der Waals surface area contributed by atoms with Crippen molar-refractivity contribution in [2.45, 2.75) is 12.8 Å². The molecule has 1 aromatic heterocycles. The third-order valence-corrected chi connectivity index (χ3v) is 3.91. The van der Waals surface area contributed by atoms with E-state index in [1.54, 1.807) is 13.2 Å². The number of benzene rings is 2. The van der Waals surface area contributed by atoms with Crippen molar-refractivity contribution < 1.29 is 9.53 Å². The van der Waals surface area contributed by atoms with Crippen LogP contribution >= 0.6 is 0 Å². The first-order valence-corrected chi connectivity index (χ1v) is 7.83. The van der Waals surface area contributed by atoms with E-state index >= 15 is 0 Å². The average molecular weight is 331 g/mol. The second kappa shape index (κ2) is 7.02. The summed E-state index contributed by atoms with van der Waals surface area (Å²) in [6.07, 6.45) is 3.07. The molecule has 5 nitrogen and oxygen atoms in total. The topological polar surface area (TPSA) is 78.8 Å². The highest BCUT2D eigenvalue weighted by molar-refractivity contribution is 6.00. The molecule has 0 aliphatic rings. The number of para-hydroxylation sites is 2. The van der Waals surface area contributed by atoms with Crippen molar-refractivity contribution in [3.05, 3.63) is 65.5 Å². The van der Waals surface area contributed by atoms with Gasteiger partial charge in [-0.05, 0) is 43.3 Å². The number of fused-ring (bicyclic) bond motifs is 1. The summed E-state index contributed by atoms with van der Waals surface area (Å²) in [6, 6.07) is 15.2. The molecule has 0 saturated carbocycles. The number of allylic oxidation sites excluding steroid dienone is 1. The first-order chi connectivity index (χ1) is 12.1. The SMILES string of the molecule is COc1ccc(C)cc1/C=C/C(=O)C(C#N)c1nc2ccccc2[nH]1. The number of rotatable bonds is 5. The minimum absolute atomic E-state index is 0.329. The van der Waals surface area contributed by atoms with Crippen LogP contribution in [0.2, 0.25) is 0 Å². The second-order valence-corrected chi connectivity index (χ2v) is 5.68. The van der Waals surface area contributed by atoms with Crippen LogP contribution in [0.1, 0.15) is 22.9 Å². The van der Waals surface area contributed by atoms with Gasteiger partial charge in [-0.25, -0.2) is 4.98 Å². The van der Waals surface area contributed by atoms with E-state index in [-0.39, 0.29) is 5.78 Å². The van der Waals surface area contributed by atoms with Crippen molar-refractivity contribution in [1.29, 1.82) is 5.26 Å². The number of aromatic nitrogens is 2. The number of nitriles is 1. The molecule has 3 rings (SSSR count). The van der Waals surface area contributed by atoms with Crippen molar-refractivity contribution in [2.24, 2.45) is 0 Å². The number of methoxy groups -OCH3 is 1. The van der Waals surface area contributed by atoms with E-state index in [1.807, 2.05) is 55.5 Å². The molecule has 0 aliphatic carbocycles. The van der Waals surface area contributed by atoms with Crippen molar-refractivity contribution in [3.63, 3.8) is 0 Å². The third-order valence-electron chi connectivity index (χ3n) is 3.91. The molecule has 25 heavy (non-hydrogen) atoms. The molecule has 5 heteroatoms. The van der Waals surface area contributed by atoms with Crippen LogP contribution in [-0.2, 0) is 4.79 Å². The van der Waals surface area contributed by atoms with Crippen molar-refractivity contribution in [1.82, 2.24) is 9.97 Å². The minimum atomic E-state index is -0.973. The predicted octanol–water partition coefficient (Wildman–Crippen LogP) is 3.77. The molecule has 1 N–H and O–H groups in total. The van der Waals surface area contributed by atoms with Crippen molar-refractivity contribution >= 4 is 22.9 Å². The van der Waals surface area contributed by atoms with Gasteiger partial charge in [0, 0.05) is 5.56 Å².